The Labute approximate surface area is 130 Å². The van der Waals surface area contributed by atoms with Gasteiger partial charge in [-0.1, -0.05) is 0 Å². The maximum absolute atomic E-state index is 11.9. The van der Waals surface area contributed by atoms with Crippen molar-refractivity contribution < 1.29 is 23.7 Å². The minimum absolute atomic E-state index is 0. The van der Waals surface area contributed by atoms with Gasteiger partial charge in [-0.25, -0.2) is 0 Å². The summed E-state index contributed by atoms with van der Waals surface area (Å²) in [6.45, 7) is 0.126. The second-order valence-electron chi connectivity index (χ2n) is 3.96. The van der Waals surface area contributed by atoms with E-state index >= 15 is 0 Å². The third-order valence-electron chi connectivity index (χ3n) is 2.65. The number of nitrogens with one attached hydrogen (secondary N) is 1. The number of anilines is 1. The Morgan fingerprint density at radius 1 is 1.10 bits per heavy atom. The van der Waals surface area contributed by atoms with E-state index in [2.05, 4.69) is 5.32 Å². The van der Waals surface area contributed by atoms with Crippen molar-refractivity contribution >= 4 is 24.0 Å². The Morgan fingerprint density at radius 3 is 2.10 bits per heavy atom. The lowest BCUT2D eigenvalue weighted by Gasteiger charge is -2.16. The molecule has 3 N–H and O–H groups in total. The average molecular weight is 321 g/mol. The first-order valence-electron chi connectivity index (χ1n) is 5.92. The number of nitrogens with two attached hydrogens (primary N) is 1. The number of carbonyl (C=O) groups is 1. The van der Waals surface area contributed by atoms with Crippen LogP contribution in [-0.4, -0.2) is 47.0 Å². The third-order valence-corrected chi connectivity index (χ3v) is 2.65. The summed E-state index contributed by atoms with van der Waals surface area (Å²) in [4.78, 5) is 11.9. The lowest BCUT2D eigenvalue weighted by atomic mass is 10.2. The van der Waals surface area contributed by atoms with Gasteiger partial charge in [-0.15, -0.1) is 12.4 Å². The highest BCUT2D eigenvalue weighted by Crippen LogP contribution is 2.37. The van der Waals surface area contributed by atoms with Gasteiger partial charge in [0, 0.05) is 19.2 Å². The van der Waals surface area contributed by atoms with Gasteiger partial charge in [0.15, 0.2) is 11.5 Å². The average Bonchev–Trinajstić information content (AvgIpc) is 2.46. The van der Waals surface area contributed by atoms with Crippen molar-refractivity contribution in [2.75, 3.05) is 40.4 Å². The fraction of sp³-hybridized carbons (Fsp3) is 0.462. The summed E-state index contributed by atoms with van der Waals surface area (Å²) in [6, 6.07) is 2.46. The zero-order chi connectivity index (χ0) is 15.1. The van der Waals surface area contributed by atoms with Crippen molar-refractivity contribution in [1.29, 1.82) is 0 Å². The van der Waals surface area contributed by atoms with Crippen LogP contribution in [-0.2, 0) is 9.53 Å². The zero-order valence-corrected chi connectivity index (χ0v) is 13.3. The molecule has 0 saturated heterocycles. The van der Waals surface area contributed by atoms with E-state index < -0.39 is 6.04 Å². The van der Waals surface area contributed by atoms with Crippen LogP contribution in [0.4, 0.5) is 5.69 Å². The molecule has 0 fully saturated rings. The molecule has 120 valence electrons. The van der Waals surface area contributed by atoms with Crippen LogP contribution in [0.2, 0.25) is 0 Å². The quantitative estimate of drug-likeness (QED) is 0.780. The molecule has 0 aromatic heterocycles. The van der Waals surface area contributed by atoms with Crippen molar-refractivity contribution in [1.82, 2.24) is 0 Å². The molecule has 0 aliphatic carbocycles. The van der Waals surface area contributed by atoms with Crippen molar-refractivity contribution in [3.8, 4) is 17.2 Å². The molecule has 0 aliphatic heterocycles. The summed E-state index contributed by atoms with van der Waals surface area (Å²) >= 11 is 0. The van der Waals surface area contributed by atoms with E-state index in [0.29, 0.717) is 22.9 Å². The molecule has 0 saturated carbocycles. The Balaban J connectivity index is 0.00000400. The first-order chi connectivity index (χ1) is 9.57. The molecule has 1 aromatic carbocycles. The number of halogens is 1. The van der Waals surface area contributed by atoms with Crippen molar-refractivity contribution in [3.63, 3.8) is 0 Å². The normalized spacial score (nSPS) is 11.1. The minimum Gasteiger partial charge on any atom is -0.494 e. The maximum atomic E-state index is 11.9. The maximum Gasteiger partial charge on any atom is 0.243 e. The largest absolute Gasteiger partial charge is 0.494 e. The molecule has 0 bridgehead atoms. The molecule has 21 heavy (non-hydrogen) atoms. The Hall–Kier alpha value is -1.70. The van der Waals surface area contributed by atoms with Gasteiger partial charge in [0.25, 0.3) is 0 Å². The Bertz CT molecular complexity index is 470. The van der Waals surface area contributed by atoms with Crippen molar-refractivity contribution in [3.05, 3.63) is 12.1 Å². The van der Waals surface area contributed by atoms with E-state index in [1.54, 1.807) is 12.1 Å². The summed E-state index contributed by atoms with van der Waals surface area (Å²) < 4.78 is 20.4. The van der Waals surface area contributed by atoms with Gasteiger partial charge in [0.05, 0.1) is 33.6 Å². The van der Waals surface area contributed by atoms with Gasteiger partial charge >= 0.3 is 0 Å². The number of carbonyl (C=O) groups excluding carboxylic acids is 1. The number of ether oxygens (including phenoxy) is 4. The standard InChI is InChI=1S/C13H20N2O5.ClH/c1-17-7-8(14)13(16)15-9-5-11(19-3)12(20-4)6-10(9)18-2;/h5-6,8H,7,14H2,1-4H3,(H,15,16);1H. The molecule has 0 spiro atoms. The van der Waals surface area contributed by atoms with Crippen molar-refractivity contribution in [2.45, 2.75) is 6.04 Å². The molecule has 0 aliphatic rings. The lowest BCUT2D eigenvalue weighted by Crippen LogP contribution is -2.39. The molecule has 0 radical (unpaired) electrons. The first kappa shape index (κ1) is 19.3. The predicted octanol–water partition coefficient (Wildman–Crippen LogP) is 1.05. The molecule has 1 rings (SSSR count). The minimum atomic E-state index is -0.766. The number of hydrogen-bond acceptors (Lipinski definition) is 6. The smallest absolute Gasteiger partial charge is 0.243 e. The second kappa shape index (κ2) is 9.28. The van der Waals surface area contributed by atoms with E-state index in [0.717, 1.165) is 0 Å². The molecule has 1 atom stereocenters. The van der Waals surface area contributed by atoms with Gasteiger partial charge in [-0.3, -0.25) is 4.79 Å². The van der Waals surface area contributed by atoms with Gasteiger partial charge in [0.2, 0.25) is 5.91 Å². The molecule has 8 heteroatoms. The highest BCUT2D eigenvalue weighted by atomic mass is 35.5. The van der Waals surface area contributed by atoms with Crippen LogP contribution in [0.1, 0.15) is 0 Å². The molecule has 0 heterocycles. The number of hydrogen-bond donors (Lipinski definition) is 2. The van der Waals surface area contributed by atoms with E-state index in [-0.39, 0.29) is 24.9 Å². The Morgan fingerprint density at radius 2 is 1.62 bits per heavy atom. The summed E-state index contributed by atoms with van der Waals surface area (Å²) in [6.07, 6.45) is 0. The molecular formula is C13H21ClN2O5. The monoisotopic (exact) mass is 320 g/mol. The first-order valence-corrected chi connectivity index (χ1v) is 5.92. The van der Waals surface area contributed by atoms with Crippen LogP contribution in [0.3, 0.4) is 0 Å². The summed E-state index contributed by atoms with van der Waals surface area (Å²) in [5.41, 5.74) is 6.11. The number of benzene rings is 1. The second-order valence-corrected chi connectivity index (χ2v) is 3.96. The van der Waals surface area contributed by atoms with E-state index in [1.807, 2.05) is 0 Å². The van der Waals surface area contributed by atoms with Crippen molar-refractivity contribution in [2.24, 2.45) is 5.73 Å². The van der Waals surface area contributed by atoms with Crippen LogP contribution in [0, 0.1) is 0 Å². The van der Waals surface area contributed by atoms with Gasteiger partial charge in [0.1, 0.15) is 11.8 Å². The Kier molecular flexibility index (Phi) is 8.52. The SMILES string of the molecule is COCC(N)C(=O)Nc1cc(OC)c(OC)cc1OC.Cl. The van der Waals surface area contributed by atoms with Gasteiger partial charge in [-0.05, 0) is 0 Å². The number of methoxy groups -OCH3 is 4. The van der Waals surface area contributed by atoms with Crippen LogP contribution in [0.15, 0.2) is 12.1 Å². The van der Waals surface area contributed by atoms with Crippen LogP contribution in [0.5, 0.6) is 17.2 Å². The fourth-order valence-electron chi connectivity index (χ4n) is 1.61. The molecule has 1 unspecified atom stereocenters. The van der Waals surface area contributed by atoms with E-state index in [9.17, 15) is 4.79 Å². The van der Waals surface area contributed by atoms with Gasteiger partial charge < -0.3 is 30.0 Å². The topological polar surface area (TPSA) is 92.0 Å². The van der Waals surface area contributed by atoms with Crippen LogP contribution < -0.4 is 25.3 Å². The lowest BCUT2D eigenvalue weighted by molar-refractivity contribution is -0.118. The summed E-state index contributed by atoms with van der Waals surface area (Å²) in [7, 11) is 5.99. The van der Waals surface area contributed by atoms with E-state index in [1.165, 1.54) is 28.4 Å². The number of rotatable bonds is 7. The third kappa shape index (κ3) is 4.96. The summed E-state index contributed by atoms with van der Waals surface area (Å²) in [5, 5.41) is 2.67. The zero-order valence-electron chi connectivity index (χ0n) is 12.5. The highest BCUT2D eigenvalue weighted by molar-refractivity contribution is 5.96. The molecule has 1 amide bonds. The highest BCUT2D eigenvalue weighted by Gasteiger charge is 2.17. The van der Waals surface area contributed by atoms with Gasteiger partial charge in [-0.2, -0.15) is 0 Å². The molecular weight excluding hydrogens is 300 g/mol. The number of amides is 1. The summed E-state index contributed by atoms with van der Waals surface area (Å²) in [5.74, 6) is 1.05. The van der Waals surface area contributed by atoms with E-state index in [4.69, 9.17) is 24.7 Å². The predicted molar refractivity (Wildman–Crippen MR) is 81.8 cm³/mol. The molecule has 1 aromatic rings. The fourth-order valence-corrected chi connectivity index (χ4v) is 1.61. The van der Waals surface area contributed by atoms with Crippen LogP contribution >= 0.6 is 12.4 Å². The molecule has 7 nitrogen and oxygen atoms in total. The van der Waals surface area contributed by atoms with Crippen LogP contribution in [0.25, 0.3) is 0 Å².